The maximum absolute atomic E-state index is 13.7. The van der Waals surface area contributed by atoms with Gasteiger partial charge in [-0.3, -0.25) is 4.79 Å². The molecule has 1 N–H and O–H groups in total. The van der Waals surface area contributed by atoms with E-state index in [9.17, 15) is 22.4 Å². The van der Waals surface area contributed by atoms with E-state index in [4.69, 9.17) is 0 Å². The van der Waals surface area contributed by atoms with Gasteiger partial charge in [0, 0.05) is 24.5 Å². The number of piperidine rings is 2. The highest BCUT2D eigenvalue weighted by Crippen LogP contribution is 2.38. The molecule has 2 saturated heterocycles. The van der Waals surface area contributed by atoms with Gasteiger partial charge in [0.15, 0.2) is 11.6 Å². The molecule has 182 valence electrons. The summed E-state index contributed by atoms with van der Waals surface area (Å²) in [5.74, 6) is -0.0876. The van der Waals surface area contributed by atoms with Gasteiger partial charge in [-0.1, -0.05) is 0 Å². The van der Waals surface area contributed by atoms with E-state index in [-0.39, 0.29) is 35.4 Å². The number of fused-ring (bicyclic) bond motifs is 3. The molecule has 3 fully saturated rings. The fourth-order valence-electron chi connectivity index (χ4n) is 4.91. The van der Waals surface area contributed by atoms with E-state index in [1.54, 1.807) is 24.0 Å². The Morgan fingerprint density at radius 2 is 1.83 bits per heavy atom. The van der Waals surface area contributed by atoms with Crippen molar-refractivity contribution in [2.45, 2.75) is 44.4 Å². The molecule has 3 aliphatic rings. The molecule has 0 aromatic carbocycles. The zero-order valence-electron chi connectivity index (χ0n) is 18.8. The summed E-state index contributed by atoms with van der Waals surface area (Å²) in [5.41, 5.74) is 0.433. The molecule has 3 atom stereocenters. The maximum Gasteiger partial charge on any atom is 0.417 e. The van der Waals surface area contributed by atoms with E-state index in [0.29, 0.717) is 23.6 Å². The summed E-state index contributed by atoms with van der Waals surface area (Å²) < 4.78 is 51.9. The Labute approximate surface area is 198 Å². The second-order valence-electron chi connectivity index (χ2n) is 8.96. The largest absolute Gasteiger partial charge is 0.417 e. The Hall–Kier alpha value is -3.63. The normalized spacial score (nSPS) is 21.7. The van der Waals surface area contributed by atoms with E-state index in [2.05, 4.69) is 25.3 Å². The summed E-state index contributed by atoms with van der Waals surface area (Å²) in [6, 6.07) is 5.40. The van der Waals surface area contributed by atoms with E-state index < -0.39 is 17.6 Å². The van der Waals surface area contributed by atoms with Gasteiger partial charge in [0.05, 0.1) is 29.6 Å². The van der Waals surface area contributed by atoms with Crippen molar-refractivity contribution in [3.05, 3.63) is 65.6 Å². The first-order chi connectivity index (χ1) is 16.7. The van der Waals surface area contributed by atoms with Gasteiger partial charge in [-0.15, -0.1) is 0 Å². The number of hydrogen-bond donors (Lipinski definition) is 1. The molecule has 1 saturated carbocycles. The van der Waals surface area contributed by atoms with Gasteiger partial charge < -0.3 is 10.2 Å². The number of carbonyl (C=O) groups excluding carboxylic acids is 1. The number of alkyl halides is 3. The number of anilines is 1. The third kappa shape index (κ3) is 4.67. The highest BCUT2D eigenvalue weighted by Gasteiger charge is 2.44. The zero-order chi connectivity index (χ0) is 24.7. The van der Waals surface area contributed by atoms with Crippen LogP contribution in [-0.2, 0) is 6.18 Å². The molecule has 11 heteroatoms. The first-order valence-corrected chi connectivity index (χ1v) is 11.3. The molecule has 1 amide bonds. The third-order valence-electron chi connectivity index (χ3n) is 6.56. The smallest absolute Gasteiger partial charge is 0.365 e. The van der Waals surface area contributed by atoms with Crippen molar-refractivity contribution >= 4 is 11.7 Å². The number of pyridine rings is 2. The predicted octanol–water partition coefficient (Wildman–Crippen LogP) is 4.51. The Morgan fingerprint density at radius 3 is 2.49 bits per heavy atom. The average Bonchev–Trinajstić information content (AvgIpc) is 2.84. The fraction of sp³-hybridized carbons (Fsp3) is 0.375. The van der Waals surface area contributed by atoms with Crippen LogP contribution in [0.1, 0.15) is 41.0 Å². The van der Waals surface area contributed by atoms with Crippen LogP contribution in [0.15, 0.2) is 42.9 Å². The Kier molecular flexibility index (Phi) is 5.86. The minimum absolute atomic E-state index is 0.161. The van der Waals surface area contributed by atoms with E-state index in [0.717, 1.165) is 43.9 Å². The predicted molar refractivity (Wildman–Crippen MR) is 119 cm³/mol. The van der Waals surface area contributed by atoms with Crippen molar-refractivity contribution in [2.75, 3.05) is 11.9 Å². The van der Waals surface area contributed by atoms with Crippen LogP contribution in [-0.4, -0.2) is 49.4 Å². The Morgan fingerprint density at radius 1 is 1.06 bits per heavy atom. The molecule has 5 heterocycles. The minimum atomic E-state index is -4.45. The molecule has 1 aliphatic carbocycles. The van der Waals surface area contributed by atoms with Crippen LogP contribution in [0.2, 0.25) is 0 Å². The van der Waals surface area contributed by atoms with Gasteiger partial charge in [0.25, 0.3) is 5.91 Å². The summed E-state index contributed by atoms with van der Waals surface area (Å²) in [5, 5.41) is 3.23. The number of hydrogen-bond acceptors (Lipinski definition) is 6. The van der Waals surface area contributed by atoms with Gasteiger partial charge in [-0.05, 0) is 56.4 Å². The van der Waals surface area contributed by atoms with E-state index >= 15 is 0 Å². The van der Waals surface area contributed by atoms with Crippen LogP contribution in [0, 0.1) is 18.7 Å². The number of nitrogens with one attached hydrogen (secondary N) is 1. The molecule has 6 rings (SSSR count). The summed E-state index contributed by atoms with van der Waals surface area (Å²) >= 11 is 0. The lowest BCUT2D eigenvalue weighted by molar-refractivity contribution is -0.137. The molecule has 0 spiro atoms. The van der Waals surface area contributed by atoms with Gasteiger partial charge in [-0.25, -0.2) is 24.3 Å². The van der Waals surface area contributed by atoms with E-state index in [1.807, 2.05) is 0 Å². The van der Waals surface area contributed by atoms with Crippen molar-refractivity contribution in [2.24, 2.45) is 5.92 Å². The molecular weight excluding hydrogens is 464 g/mol. The SMILES string of the molecule is Cc1ccc(-c2ncc(F)cn2)c(C(=O)N2CC3CCC2C(Nc2ccc(C(F)(F)F)cn2)C3)n1. The second kappa shape index (κ2) is 8.86. The second-order valence-corrected chi connectivity index (χ2v) is 8.96. The number of carbonyl (C=O) groups is 1. The van der Waals surface area contributed by atoms with Crippen molar-refractivity contribution in [1.82, 2.24) is 24.8 Å². The standard InChI is InChI=1S/C24H22F4N6O/c1-13-2-5-17(22-30-10-16(25)11-31-22)21(32-13)23(35)34-12-14-3-6-19(34)18(8-14)33-20-7-4-15(9-29-20)24(26,27)28/h2,4-5,7,9-11,14,18-19H,3,6,8,12H2,1H3,(H,29,33). The summed E-state index contributed by atoms with van der Waals surface area (Å²) in [7, 11) is 0. The highest BCUT2D eigenvalue weighted by atomic mass is 19.4. The van der Waals surface area contributed by atoms with Crippen LogP contribution >= 0.6 is 0 Å². The molecule has 0 radical (unpaired) electrons. The van der Waals surface area contributed by atoms with Crippen molar-refractivity contribution in [3.63, 3.8) is 0 Å². The van der Waals surface area contributed by atoms with Crippen LogP contribution in [0.4, 0.5) is 23.4 Å². The highest BCUT2D eigenvalue weighted by molar-refractivity contribution is 5.98. The monoisotopic (exact) mass is 486 g/mol. The molecule has 35 heavy (non-hydrogen) atoms. The molecule has 2 aliphatic heterocycles. The Bertz CT molecular complexity index is 1230. The summed E-state index contributed by atoms with van der Waals surface area (Å²) in [6.45, 7) is 2.33. The molecule has 7 nitrogen and oxygen atoms in total. The number of nitrogens with zero attached hydrogens (tertiary/aromatic N) is 5. The van der Waals surface area contributed by atoms with Crippen molar-refractivity contribution < 1.29 is 22.4 Å². The molecule has 3 unspecified atom stereocenters. The summed E-state index contributed by atoms with van der Waals surface area (Å²) in [4.78, 5) is 31.9. The van der Waals surface area contributed by atoms with Crippen LogP contribution in [0.25, 0.3) is 11.4 Å². The maximum atomic E-state index is 13.7. The topological polar surface area (TPSA) is 83.9 Å². The lowest BCUT2D eigenvalue weighted by Gasteiger charge is -2.50. The van der Waals surface area contributed by atoms with Crippen molar-refractivity contribution in [3.8, 4) is 11.4 Å². The van der Waals surface area contributed by atoms with Crippen LogP contribution in [0.5, 0.6) is 0 Å². The number of aromatic nitrogens is 4. The first kappa shape index (κ1) is 23.1. The lowest BCUT2D eigenvalue weighted by Crippen LogP contribution is -2.60. The average molecular weight is 486 g/mol. The third-order valence-corrected chi connectivity index (χ3v) is 6.56. The Balaban J connectivity index is 1.40. The van der Waals surface area contributed by atoms with Gasteiger partial charge in [-0.2, -0.15) is 13.2 Å². The minimum Gasteiger partial charge on any atom is -0.365 e. The quantitative estimate of drug-likeness (QED) is 0.547. The number of aryl methyl sites for hydroxylation is 1. The molecule has 3 aromatic rings. The van der Waals surface area contributed by atoms with Gasteiger partial charge >= 0.3 is 6.18 Å². The zero-order valence-corrected chi connectivity index (χ0v) is 18.8. The lowest BCUT2D eigenvalue weighted by atomic mass is 9.76. The van der Waals surface area contributed by atoms with Gasteiger partial charge in [0.1, 0.15) is 11.5 Å². The van der Waals surface area contributed by atoms with Crippen LogP contribution in [0.3, 0.4) is 0 Å². The molecular formula is C24H22F4N6O. The molecule has 2 bridgehead atoms. The van der Waals surface area contributed by atoms with Gasteiger partial charge in [0.2, 0.25) is 0 Å². The van der Waals surface area contributed by atoms with E-state index in [1.165, 1.54) is 6.07 Å². The fourth-order valence-corrected chi connectivity index (χ4v) is 4.91. The first-order valence-electron chi connectivity index (χ1n) is 11.3. The number of halogens is 4. The number of rotatable bonds is 4. The number of amides is 1. The van der Waals surface area contributed by atoms with Crippen molar-refractivity contribution in [1.29, 1.82) is 0 Å². The summed E-state index contributed by atoms with van der Waals surface area (Å²) in [6.07, 6.45) is 0.924. The van der Waals surface area contributed by atoms with Crippen LogP contribution < -0.4 is 5.32 Å². The molecule has 3 aromatic heterocycles.